The molecule has 0 saturated carbocycles. The van der Waals surface area contributed by atoms with Crippen molar-refractivity contribution in [3.8, 4) is 0 Å². The molecule has 2 aromatic carbocycles. The van der Waals surface area contributed by atoms with Crippen LogP contribution in [0, 0.1) is 6.92 Å². The minimum Gasteiger partial charge on any atom is -0.337 e. The van der Waals surface area contributed by atoms with Gasteiger partial charge in [0.15, 0.2) is 0 Å². The van der Waals surface area contributed by atoms with Gasteiger partial charge in [0.1, 0.15) is 0 Å². The molecule has 0 heterocycles. The molecule has 110 valence electrons. The minimum atomic E-state index is -4.91. The number of hydrogen-bond donors (Lipinski definition) is 1. The number of nitrogens with one attached hydrogen (secondary N) is 1. The first-order valence-corrected chi connectivity index (χ1v) is 6.37. The largest absolute Gasteiger partial charge is 0.471 e. The highest BCUT2D eigenvalue weighted by atomic mass is 19.4. The summed E-state index contributed by atoms with van der Waals surface area (Å²) in [5, 5.41) is 2.05. The van der Waals surface area contributed by atoms with Crippen LogP contribution < -0.4 is 5.32 Å². The van der Waals surface area contributed by atoms with E-state index in [4.69, 9.17) is 0 Å². The van der Waals surface area contributed by atoms with Gasteiger partial charge in [0.05, 0.1) is 6.04 Å². The number of rotatable bonds is 3. The maximum absolute atomic E-state index is 12.5. The molecule has 21 heavy (non-hydrogen) atoms. The number of amides is 1. The average molecular weight is 293 g/mol. The van der Waals surface area contributed by atoms with Crippen molar-refractivity contribution in [2.45, 2.75) is 19.1 Å². The second-order valence-corrected chi connectivity index (χ2v) is 4.73. The molecule has 0 spiro atoms. The van der Waals surface area contributed by atoms with Gasteiger partial charge in [-0.15, -0.1) is 0 Å². The van der Waals surface area contributed by atoms with Crippen LogP contribution in [0.3, 0.4) is 0 Å². The number of carbonyl (C=O) groups is 1. The van der Waals surface area contributed by atoms with E-state index in [0.717, 1.165) is 5.56 Å². The first-order chi connectivity index (χ1) is 9.88. The molecule has 0 fully saturated rings. The zero-order chi connectivity index (χ0) is 15.5. The van der Waals surface area contributed by atoms with E-state index in [1.165, 1.54) is 0 Å². The lowest BCUT2D eigenvalue weighted by Gasteiger charge is -2.20. The van der Waals surface area contributed by atoms with Crippen LogP contribution in [0.2, 0.25) is 0 Å². The Morgan fingerprint density at radius 2 is 1.48 bits per heavy atom. The van der Waals surface area contributed by atoms with Gasteiger partial charge in [-0.2, -0.15) is 13.2 Å². The number of hydrogen-bond acceptors (Lipinski definition) is 1. The van der Waals surface area contributed by atoms with Gasteiger partial charge >= 0.3 is 12.1 Å². The third kappa shape index (κ3) is 3.84. The number of benzene rings is 2. The second-order valence-electron chi connectivity index (χ2n) is 4.73. The highest BCUT2D eigenvalue weighted by Gasteiger charge is 2.40. The van der Waals surface area contributed by atoms with E-state index in [-0.39, 0.29) is 0 Å². The second kappa shape index (κ2) is 5.99. The molecule has 0 saturated heterocycles. The smallest absolute Gasteiger partial charge is 0.337 e. The van der Waals surface area contributed by atoms with Crippen molar-refractivity contribution in [1.29, 1.82) is 0 Å². The Bertz CT molecular complexity index is 606. The number of alkyl halides is 3. The summed E-state index contributed by atoms with van der Waals surface area (Å²) in [6.07, 6.45) is -4.91. The van der Waals surface area contributed by atoms with Gasteiger partial charge in [0.2, 0.25) is 0 Å². The Labute approximate surface area is 120 Å². The van der Waals surface area contributed by atoms with Gasteiger partial charge in [-0.3, -0.25) is 4.79 Å². The summed E-state index contributed by atoms with van der Waals surface area (Å²) in [5.41, 5.74) is 2.19. The molecule has 0 aliphatic rings. The zero-order valence-electron chi connectivity index (χ0n) is 11.3. The lowest BCUT2D eigenvalue weighted by atomic mass is 9.98. The molecule has 1 N–H and O–H groups in total. The summed E-state index contributed by atoms with van der Waals surface area (Å²) >= 11 is 0. The van der Waals surface area contributed by atoms with Crippen molar-refractivity contribution in [3.63, 3.8) is 0 Å². The normalized spacial score (nSPS) is 12.8. The molecule has 0 unspecified atom stereocenters. The zero-order valence-corrected chi connectivity index (χ0v) is 11.3. The minimum absolute atomic E-state index is 0.596. The third-order valence-electron chi connectivity index (χ3n) is 3.08. The van der Waals surface area contributed by atoms with Crippen LogP contribution in [-0.4, -0.2) is 12.1 Å². The predicted octanol–water partition coefficient (Wildman–Crippen LogP) is 3.76. The highest BCUT2D eigenvalue weighted by molar-refractivity contribution is 5.82. The molecule has 5 heteroatoms. The van der Waals surface area contributed by atoms with Crippen LogP contribution in [0.25, 0.3) is 0 Å². The molecule has 1 amide bonds. The fourth-order valence-electron chi connectivity index (χ4n) is 1.98. The van der Waals surface area contributed by atoms with Crippen LogP contribution >= 0.6 is 0 Å². The monoisotopic (exact) mass is 293 g/mol. The SMILES string of the molecule is Cc1ccc([C@H](NC(=O)C(F)(F)F)c2ccccc2)cc1. The van der Waals surface area contributed by atoms with E-state index in [1.807, 2.05) is 12.2 Å². The third-order valence-corrected chi connectivity index (χ3v) is 3.08. The average Bonchev–Trinajstić information content (AvgIpc) is 2.45. The van der Waals surface area contributed by atoms with Gasteiger partial charge in [-0.05, 0) is 18.1 Å². The quantitative estimate of drug-likeness (QED) is 0.917. The van der Waals surface area contributed by atoms with Crippen molar-refractivity contribution < 1.29 is 18.0 Å². The molecule has 0 bridgehead atoms. The Morgan fingerprint density at radius 1 is 0.952 bits per heavy atom. The van der Waals surface area contributed by atoms with Gasteiger partial charge in [0, 0.05) is 0 Å². The molecule has 2 nitrogen and oxygen atoms in total. The summed E-state index contributed by atoms with van der Waals surface area (Å²) in [5.74, 6) is -1.95. The first kappa shape index (κ1) is 15.1. The molecular weight excluding hydrogens is 279 g/mol. The van der Waals surface area contributed by atoms with Crippen molar-refractivity contribution in [1.82, 2.24) is 5.32 Å². The van der Waals surface area contributed by atoms with E-state index < -0.39 is 18.1 Å². The van der Waals surface area contributed by atoms with E-state index >= 15 is 0 Å². The number of aryl methyl sites for hydroxylation is 1. The number of halogens is 3. The van der Waals surface area contributed by atoms with Gasteiger partial charge in [0.25, 0.3) is 0 Å². The van der Waals surface area contributed by atoms with Crippen molar-refractivity contribution in [2.24, 2.45) is 0 Å². The summed E-state index contributed by atoms with van der Waals surface area (Å²) in [6.45, 7) is 1.88. The van der Waals surface area contributed by atoms with E-state index in [2.05, 4.69) is 0 Å². The van der Waals surface area contributed by atoms with E-state index in [9.17, 15) is 18.0 Å². The summed E-state index contributed by atoms with van der Waals surface area (Å²) in [7, 11) is 0. The molecule has 0 aromatic heterocycles. The van der Waals surface area contributed by atoms with Crippen LogP contribution in [0.1, 0.15) is 22.7 Å². The summed E-state index contributed by atoms with van der Waals surface area (Å²) in [6, 6.07) is 14.8. The first-order valence-electron chi connectivity index (χ1n) is 6.37. The summed E-state index contributed by atoms with van der Waals surface area (Å²) < 4.78 is 37.5. The predicted molar refractivity (Wildman–Crippen MR) is 73.7 cm³/mol. The maximum Gasteiger partial charge on any atom is 0.471 e. The molecule has 2 aromatic rings. The molecule has 1 atom stereocenters. The summed E-state index contributed by atoms with van der Waals surface area (Å²) in [4.78, 5) is 11.3. The van der Waals surface area contributed by atoms with E-state index in [1.54, 1.807) is 54.6 Å². The maximum atomic E-state index is 12.5. The Morgan fingerprint density at radius 3 is 2.00 bits per heavy atom. The van der Waals surface area contributed by atoms with Crippen LogP contribution in [0.4, 0.5) is 13.2 Å². The fourth-order valence-corrected chi connectivity index (χ4v) is 1.98. The molecule has 0 aliphatic heterocycles. The van der Waals surface area contributed by atoms with Gasteiger partial charge in [-0.1, -0.05) is 60.2 Å². The lowest BCUT2D eigenvalue weighted by Crippen LogP contribution is -2.39. The molecular formula is C16H14F3NO. The van der Waals surface area contributed by atoms with Crippen LogP contribution in [0.15, 0.2) is 54.6 Å². The molecule has 2 rings (SSSR count). The lowest BCUT2D eigenvalue weighted by molar-refractivity contribution is -0.174. The Hall–Kier alpha value is -2.30. The Kier molecular flexibility index (Phi) is 4.31. The van der Waals surface area contributed by atoms with E-state index in [0.29, 0.717) is 11.1 Å². The molecule has 0 aliphatic carbocycles. The van der Waals surface area contributed by atoms with Gasteiger partial charge in [-0.25, -0.2) is 0 Å². The number of carbonyl (C=O) groups excluding carboxylic acids is 1. The topological polar surface area (TPSA) is 29.1 Å². The molecule has 0 radical (unpaired) electrons. The van der Waals surface area contributed by atoms with Crippen LogP contribution in [0.5, 0.6) is 0 Å². The highest BCUT2D eigenvalue weighted by Crippen LogP contribution is 2.24. The van der Waals surface area contributed by atoms with Crippen molar-refractivity contribution >= 4 is 5.91 Å². The van der Waals surface area contributed by atoms with Crippen molar-refractivity contribution in [2.75, 3.05) is 0 Å². The van der Waals surface area contributed by atoms with Gasteiger partial charge < -0.3 is 5.32 Å². The standard InChI is InChI=1S/C16H14F3NO/c1-11-7-9-13(10-8-11)14(12-5-3-2-4-6-12)20-15(21)16(17,18)19/h2-10,14H,1H3,(H,20,21)/t14-/m1/s1. The van der Waals surface area contributed by atoms with Crippen LogP contribution in [-0.2, 0) is 4.79 Å². The Balaban J connectivity index is 2.36. The fraction of sp³-hybridized carbons (Fsp3) is 0.188. The van der Waals surface area contributed by atoms with Crippen molar-refractivity contribution in [3.05, 3.63) is 71.3 Å².